The van der Waals surface area contributed by atoms with E-state index >= 15 is 0 Å². The standard InChI is InChI=1S/C11H13NO/c1-9(8-12)13-10(2)11-6-4-3-5-7-11/h3-7,9-10H,1-2H3/t9-,10+/m0/s1. The highest BCUT2D eigenvalue weighted by molar-refractivity contribution is 5.16. The normalized spacial score (nSPS) is 14.5. The van der Waals surface area contributed by atoms with Crippen LogP contribution in [0.4, 0.5) is 0 Å². The van der Waals surface area contributed by atoms with Crippen molar-refractivity contribution < 1.29 is 4.74 Å². The molecule has 2 nitrogen and oxygen atoms in total. The number of benzene rings is 1. The van der Waals surface area contributed by atoms with Gasteiger partial charge in [-0.25, -0.2) is 0 Å². The Kier molecular flexibility index (Phi) is 3.48. The van der Waals surface area contributed by atoms with Crippen LogP contribution in [0, 0.1) is 11.3 Å². The Morgan fingerprint density at radius 2 is 1.85 bits per heavy atom. The van der Waals surface area contributed by atoms with E-state index < -0.39 is 0 Å². The van der Waals surface area contributed by atoms with Crippen LogP contribution in [0.1, 0.15) is 25.5 Å². The monoisotopic (exact) mass is 175 g/mol. The van der Waals surface area contributed by atoms with E-state index in [4.69, 9.17) is 10.00 Å². The third-order valence-electron chi connectivity index (χ3n) is 1.86. The summed E-state index contributed by atoms with van der Waals surface area (Å²) in [6, 6.07) is 11.9. The maximum absolute atomic E-state index is 8.56. The van der Waals surface area contributed by atoms with E-state index in [0.717, 1.165) is 5.56 Å². The quantitative estimate of drug-likeness (QED) is 0.707. The summed E-state index contributed by atoms with van der Waals surface area (Å²) in [5.74, 6) is 0. The average Bonchev–Trinajstić information content (AvgIpc) is 2.19. The Bertz CT molecular complexity index is 289. The van der Waals surface area contributed by atoms with Gasteiger partial charge < -0.3 is 4.74 Å². The molecule has 1 aromatic rings. The molecule has 0 fully saturated rings. The van der Waals surface area contributed by atoms with Crippen LogP contribution in [0.5, 0.6) is 0 Å². The molecule has 0 saturated heterocycles. The number of nitriles is 1. The third kappa shape index (κ3) is 2.89. The predicted octanol–water partition coefficient (Wildman–Crippen LogP) is 2.68. The number of hydrogen-bond acceptors (Lipinski definition) is 2. The van der Waals surface area contributed by atoms with E-state index in [9.17, 15) is 0 Å². The van der Waals surface area contributed by atoms with Crippen molar-refractivity contribution >= 4 is 0 Å². The van der Waals surface area contributed by atoms with E-state index in [2.05, 4.69) is 0 Å². The lowest BCUT2D eigenvalue weighted by atomic mass is 10.1. The van der Waals surface area contributed by atoms with Crippen molar-refractivity contribution in [2.24, 2.45) is 0 Å². The van der Waals surface area contributed by atoms with Crippen LogP contribution in [0.3, 0.4) is 0 Å². The molecule has 1 rings (SSSR count). The largest absolute Gasteiger partial charge is 0.356 e. The Hall–Kier alpha value is -1.33. The summed E-state index contributed by atoms with van der Waals surface area (Å²) < 4.78 is 5.42. The van der Waals surface area contributed by atoms with Gasteiger partial charge in [-0.3, -0.25) is 0 Å². The van der Waals surface area contributed by atoms with Gasteiger partial charge in [-0.05, 0) is 19.4 Å². The zero-order valence-corrected chi connectivity index (χ0v) is 7.90. The SMILES string of the molecule is C[C@@H](C#N)O[C@H](C)c1ccccc1. The van der Waals surface area contributed by atoms with E-state index in [1.807, 2.05) is 43.3 Å². The Labute approximate surface area is 78.8 Å². The molecule has 0 aliphatic carbocycles. The number of ether oxygens (including phenoxy) is 1. The summed E-state index contributed by atoms with van der Waals surface area (Å²) in [6.45, 7) is 3.70. The molecule has 0 heterocycles. The van der Waals surface area contributed by atoms with Gasteiger partial charge in [0.2, 0.25) is 0 Å². The van der Waals surface area contributed by atoms with Gasteiger partial charge in [-0.2, -0.15) is 5.26 Å². The third-order valence-corrected chi connectivity index (χ3v) is 1.86. The van der Waals surface area contributed by atoms with E-state index in [-0.39, 0.29) is 12.2 Å². The molecule has 2 atom stereocenters. The summed E-state index contributed by atoms with van der Waals surface area (Å²) in [5, 5.41) is 8.56. The van der Waals surface area contributed by atoms with Gasteiger partial charge in [0, 0.05) is 0 Å². The van der Waals surface area contributed by atoms with Crippen molar-refractivity contribution in [3.8, 4) is 6.07 Å². The van der Waals surface area contributed by atoms with Crippen LogP contribution < -0.4 is 0 Å². The molecule has 0 aliphatic rings. The van der Waals surface area contributed by atoms with Gasteiger partial charge in [0.05, 0.1) is 12.2 Å². The molecule has 0 N–H and O–H groups in total. The minimum Gasteiger partial charge on any atom is -0.356 e. The Morgan fingerprint density at radius 1 is 1.23 bits per heavy atom. The van der Waals surface area contributed by atoms with E-state index in [0.29, 0.717) is 0 Å². The van der Waals surface area contributed by atoms with Crippen LogP contribution in [-0.4, -0.2) is 6.10 Å². The topological polar surface area (TPSA) is 33.0 Å². The van der Waals surface area contributed by atoms with Crippen LogP contribution >= 0.6 is 0 Å². The number of rotatable bonds is 3. The summed E-state index contributed by atoms with van der Waals surface area (Å²) in [4.78, 5) is 0. The maximum Gasteiger partial charge on any atom is 0.142 e. The molecule has 2 heteroatoms. The van der Waals surface area contributed by atoms with Crippen LogP contribution in [0.2, 0.25) is 0 Å². The average molecular weight is 175 g/mol. The molecule has 0 unspecified atom stereocenters. The van der Waals surface area contributed by atoms with Crippen molar-refractivity contribution in [3.63, 3.8) is 0 Å². The second kappa shape index (κ2) is 4.64. The summed E-state index contributed by atoms with van der Waals surface area (Å²) in [6.07, 6.45) is -0.369. The first-order valence-electron chi connectivity index (χ1n) is 4.34. The highest BCUT2D eigenvalue weighted by Gasteiger charge is 2.08. The molecule has 0 bridgehead atoms. The maximum atomic E-state index is 8.56. The first kappa shape index (κ1) is 9.76. The Morgan fingerprint density at radius 3 is 2.38 bits per heavy atom. The van der Waals surface area contributed by atoms with E-state index in [1.54, 1.807) is 6.92 Å². The zero-order chi connectivity index (χ0) is 9.68. The van der Waals surface area contributed by atoms with Gasteiger partial charge >= 0.3 is 0 Å². The fourth-order valence-electron chi connectivity index (χ4n) is 1.14. The van der Waals surface area contributed by atoms with Gasteiger partial charge in [0.15, 0.2) is 0 Å². The molecule has 0 aliphatic heterocycles. The zero-order valence-electron chi connectivity index (χ0n) is 7.90. The van der Waals surface area contributed by atoms with Crippen molar-refractivity contribution in [1.82, 2.24) is 0 Å². The molecule has 0 saturated carbocycles. The first-order valence-corrected chi connectivity index (χ1v) is 4.34. The molecule has 0 aromatic heterocycles. The van der Waals surface area contributed by atoms with E-state index in [1.165, 1.54) is 0 Å². The summed E-state index contributed by atoms with van der Waals surface area (Å²) in [7, 11) is 0. The smallest absolute Gasteiger partial charge is 0.142 e. The van der Waals surface area contributed by atoms with Gasteiger partial charge in [-0.15, -0.1) is 0 Å². The van der Waals surface area contributed by atoms with Crippen molar-refractivity contribution in [1.29, 1.82) is 5.26 Å². The van der Waals surface area contributed by atoms with Crippen LogP contribution in [0.25, 0.3) is 0 Å². The highest BCUT2D eigenvalue weighted by Crippen LogP contribution is 2.17. The lowest BCUT2D eigenvalue weighted by molar-refractivity contribution is 0.0375. The van der Waals surface area contributed by atoms with Crippen molar-refractivity contribution in [2.75, 3.05) is 0 Å². The van der Waals surface area contributed by atoms with Crippen LogP contribution in [-0.2, 0) is 4.74 Å². The van der Waals surface area contributed by atoms with Crippen molar-refractivity contribution in [2.45, 2.75) is 26.1 Å². The lowest BCUT2D eigenvalue weighted by Crippen LogP contribution is -2.08. The molecule has 1 aromatic carbocycles. The van der Waals surface area contributed by atoms with Crippen molar-refractivity contribution in [3.05, 3.63) is 35.9 Å². The summed E-state index contributed by atoms with van der Waals surface area (Å²) in [5.41, 5.74) is 1.10. The fraction of sp³-hybridized carbons (Fsp3) is 0.364. The molecule has 13 heavy (non-hydrogen) atoms. The lowest BCUT2D eigenvalue weighted by Gasteiger charge is -2.14. The first-order chi connectivity index (χ1) is 6.24. The second-order valence-corrected chi connectivity index (χ2v) is 2.96. The molecular formula is C11H13NO. The predicted molar refractivity (Wildman–Crippen MR) is 51.0 cm³/mol. The van der Waals surface area contributed by atoms with Gasteiger partial charge in [0.25, 0.3) is 0 Å². The second-order valence-electron chi connectivity index (χ2n) is 2.96. The highest BCUT2D eigenvalue weighted by atomic mass is 16.5. The minimum absolute atomic E-state index is 0.0177. The summed E-state index contributed by atoms with van der Waals surface area (Å²) >= 11 is 0. The minimum atomic E-state index is -0.352. The Balaban J connectivity index is 2.60. The van der Waals surface area contributed by atoms with Gasteiger partial charge in [0.1, 0.15) is 6.10 Å². The molecule has 68 valence electrons. The number of nitrogens with zero attached hydrogens (tertiary/aromatic N) is 1. The van der Waals surface area contributed by atoms with Crippen LogP contribution in [0.15, 0.2) is 30.3 Å². The molecule has 0 radical (unpaired) electrons. The van der Waals surface area contributed by atoms with Gasteiger partial charge in [-0.1, -0.05) is 30.3 Å². The molecule has 0 amide bonds. The number of hydrogen-bond donors (Lipinski definition) is 0. The molecular weight excluding hydrogens is 162 g/mol. The fourth-order valence-corrected chi connectivity index (χ4v) is 1.14. The molecule has 0 spiro atoms.